The second-order valence-electron chi connectivity index (χ2n) is 6.60. The van der Waals surface area contributed by atoms with Crippen LogP contribution in [0, 0.1) is 0 Å². The first-order chi connectivity index (χ1) is 11.2. The van der Waals surface area contributed by atoms with Crippen molar-refractivity contribution in [1.82, 2.24) is 10.3 Å². The summed E-state index contributed by atoms with van der Waals surface area (Å²) in [5.41, 5.74) is 0.418. The maximum Gasteiger partial charge on any atom is 0.307 e. The molecule has 0 saturated carbocycles. The van der Waals surface area contributed by atoms with E-state index in [2.05, 4.69) is 10.3 Å². The molecule has 136 valence electrons. The average Bonchev–Trinajstić information content (AvgIpc) is 2.49. The highest BCUT2D eigenvalue weighted by atomic mass is 16.6. The van der Waals surface area contributed by atoms with Crippen molar-refractivity contribution in [3.63, 3.8) is 0 Å². The quantitative estimate of drug-likeness (QED) is 0.458. The van der Waals surface area contributed by atoms with E-state index in [4.69, 9.17) is 19.7 Å². The Morgan fingerprint density at radius 2 is 1.83 bits per heavy atom. The van der Waals surface area contributed by atoms with Crippen LogP contribution in [-0.2, 0) is 22.7 Å². The monoisotopic (exact) mass is 340 g/mol. The van der Waals surface area contributed by atoms with Crippen molar-refractivity contribution in [3.8, 4) is 5.75 Å². The molecule has 0 aliphatic rings. The zero-order valence-electron chi connectivity index (χ0n) is 14.8. The molecule has 0 spiro atoms. The Balaban J connectivity index is 2.34. The third-order valence-corrected chi connectivity index (χ3v) is 2.99. The van der Waals surface area contributed by atoms with Crippen LogP contribution in [0.4, 0.5) is 0 Å². The van der Waals surface area contributed by atoms with Crippen LogP contribution < -0.4 is 10.1 Å². The zero-order valence-corrected chi connectivity index (χ0v) is 14.8. The Kier molecular flexibility index (Phi) is 8.10. The van der Waals surface area contributed by atoms with Crippen molar-refractivity contribution in [2.75, 3.05) is 13.2 Å². The van der Waals surface area contributed by atoms with Crippen LogP contribution in [0.25, 0.3) is 0 Å². The van der Waals surface area contributed by atoms with Gasteiger partial charge in [0.05, 0.1) is 31.0 Å². The minimum absolute atomic E-state index is 0.0260. The van der Waals surface area contributed by atoms with E-state index in [9.17, 15) is 4.79 Å². The highest BCUT2D eigenvalue weighted by molar-refractivity contribution is 5.70. The second kappa shape index (κ2) is 9.56. The Hall–Kier alpha value is -1.70. The average molecular weight is 340 g/mol. The fraction of sp³-hybridized carbons (Fsp3) is 0.647. The predicted molar refractivity (Wildman–Crippen MR) is 89.5 cm³/mol. The van der Waals surface area contributed by atoms with Gasteiger partial charge in [0.1, 0.15) is 18.0 Å². The highest BCUT2D eigenvalue weighted by Crippen LogP contribution is 2.14. The minimum atomic E-state index is -0.476. The number of rotatable bonds is 9. The molecule has 0 amide bonds. The van der Waals surface area contributed by atoms with Crippen molar-refractivity contribution in [2.24, 2.45) is 0 Å². The second-order valence-corrected chi connectivity index (χ2v) is 6.60. The summed E-state index contributed by atoms with van der Waals surface area (Å²) in [6.07, 6.45) is 0.288. The molecule has 7 heteroatoms. The van der Waals surface area contributed by atoms with Gasteiger partial charge in [0.25, 0.3) is 0 Å². The van der Waals surface area contributed by atoms with Crippen LogP contribution in [-0.4, -0.2) is 46.0 Å². The Bertz CT molecular complexity index is 506. The summed E-state index contributed by atoms with van der Waals surface area (Å²) >= 11 is 0. The molecule has 1 aromatic rings. The van der Waals surface area contributed by atoms with E-state index < -0.39 is 5.60 Å². The van der Waals surface area contributed by atoms with E-state index in [0.717, 1.165) is 0 Å². The van der Waals surface area contributed by atoms with Crippen molar-refractivity contribution in [3.05, 3.63) is 23.5 Å². The smallest absolute Gasteiger partial charge is 0.307 e. The van der Waals surface area contributed by atoms with Gasteiger partial charge in [-0.3, -0.25) is 9.78 Å². The highest BCUT2D eigenvalue weighted by Gasteiger charge is 2.18. The van der Waals surface area contributed by atoms with Crippen molar-refractivity contribution in [2.45, 2.75) is 59.0 Å². The minimum Gasteiger partial charge on any atom is -0.492 e. The summed E-state index contributed by atoms with van der Waals surface area (Å²) in [4.78, 5) is 15.8. The lowest BCUT2D eigenvalue weighted by Gasteiger charge is -2.21. The topological polar surface area (TPSA) is 101 Å². The lowest BCUT2D eigenvalue weighted by atomic mass is 10.2. The molecule has 0 fully saturated rings. The molecule has 0 aliphatic heterocycles. The molecule has 3 N–H and O–H groups in total. The van der Waals surface area contributed by atoms with E-state index in [1.165, 1.54) is 0 Å². The lowest BCUT2D eigenvalue weighted by molar-refractivity contribution is -0.155. The van der Waals surface area contributed by atoms with Gasteiger partial charge < -0.3 is 25.0 Å². The fourth-order valence-corrected chi connectivity index (χ4v) is 2.04. The molecule has 0 radical (unpaired) electrons. The van der Waals surface area contributed by atoms with E-state index in [1.807, 2.05) is 27.7 Å². The third kappa shape index (κ3) is 8.24. The lowest BCUT2D eigenvalue weighted by Crippen LogP contribution is -2.34. The summed E-state index contributed by atoms with van der Waals surface area (Å²) in [6.45, 7) is 7.94. The number of aromatic nitrogens is 1. The number of ether oxygens (including phenoxy) is 2. The van der Waals surface area contributed by atoms with Gasteiger partial charge in [0.15, 0.2) is 0 Å². The predicted octanol–water partition coefficient (Wildman–Crippen LogP) is 1.15. The molecule has 7 nitrogen and oxygen atoms in total. The summed E-state index contributed by atoms with van der Waals surface area (Å²) in [5, 5.41) is 21.5. The Morgan fingerprint density at radius 1 is 1.25 bits per heavy atom. The Labute approximate surface area is 143 Å². The van der Waals surface area contributed by atoms with Gasteiger partial charge in [0, 0.05) is 24.7 Å². The number of carbonyl (C=O) groups excluding carboxylic acids is 1. The van der Waals surface area contributed by atoms with Crippen LogP contribution in [0.3, 0.4) is 0 Å². The van der Waals surface area contributed by atoms with Crippen molar-refractivity contribution < 1.29 is 24.5 Å². The van der Waals surface area contributed by atoms with Gasteiger partial charge in [-0.1, -0.05) is 0 Å². The van der Waals surface area contributed by atoms with Crippen LogP contribution in [0.5, 0.6) is 5.75 Å². The molecule has 0 aliphatic carbocycles. The van der Waals surface area contributed by atoms with E-state index >= 15 is 0 Å². The maximum atomic E-state index is 11.7. The molecule has 0 aromatic carbocycles. The number of nitrogens with zero attached hydrogens (tertiary/aromatic N) is 1. The number of nitrogens with one attached hydrogen (secondary N) is 1. The number of pyridine rings is 1. The number of hydrogen-bond acceptors (Lipinski definition) is 7. The number of esters is 1. The van der Waals surface area contributed by atoms with E-state index in [1.54, 1.807) is 12.1 Å². The third-order valence-electron chi connectivity index (χ3n) is 2.99. The molecular weight excluding hydrogens is 312 g/mol. The molecule has 0 bridgehead atoms. The van der Waals surface area contributed by atoms with Crippen LogP contribution in [0.1, 0.15) is 45.5 Å². The van der Waals surface area contributed by atoms with Gasteiger partial charge in [-0.2, -0.15) is 0 Å². The van der Waals surface area contributed by atoms with Crippen LogP contribution in [0.2, 0.25) is 0 Å². The summed E-state index contributed by atoms with van der Waals surface area (Å²) in [7, 11) is 0. The fourth-order valence-electron chi connectivity index (χ4n) is 2.04. The molecular formula is C17H28N2O5. The molecule has 24 heavy (non-hydrogen) atoms. The summed E-state index contributed by atoms with van der Waals surface area (Å²) < 4.78 is 10.9. The van der Waals surface area contributed by atoms with Gasteiger partial charge in [-0.15, -0.1) is 0 Å². The molecule has 1 unspecified atom stereocenters. The molecule has 1 rings (SSSR count). The number of hydrogen-bond donors (Lipinski definition) is 3. The zero-order chi connectivity index (χ0) is 18.2. The summed E-state index contributed by atoms with van der Waals surface area (Å²) in [6, 6.07) is 3.23. The molecule has 0 saturated heterocycles. The van der Waals surface area contributed by atoms with Gasteiger partial charge in [-0.25, -0.2) is 0 Å². The first-order valence-electron chi connectivity index (χ1n) is 8.03. The number of aliphatic hydroxyl groups is 2. The van der Waals surface area contributed by atoms with Gasteiger partial charge in [0.2, 0.25) is 0 Å². The first-order valence-corrected chi connectivity index (χ1v) is 8.03. The summed E-state index contributed by atoms with van der Waals surface area (Å²) in [5.74, 6) is 0.303. The standard InChI is InChI=1S/C17H28N2O5/c1-12(7-16(22)24-17(2,3)4)18-5-6-23-15-8-13(10-20)19-14(9-15)11-21/h8-9,12,18,20-21H,5-7,10-11H2,1-4H3. The van der Waals surface area contributed by atoms with E-state index in [-0.39, 0.29) is 31.6 Å². The van der Waals surface area contributed by atoms with Crippen molar-refractivity contribution >= 4 is 5.97 Å². The number of aliphatic hydroxyl groups excluding tert-OH is 2. The largest absolute Gasteiger partial charge is 0.492 e. The van der Waals surface area contributed by atoms with E-state index in [0.29, 0.717) is 30.3 Å². The maximum absolute atomic E-state index is 11.7. The normalized spacial score (nSPS) is 12.8. The molecule has 1 atom stereocenters. The van der Waals surface area contributed by atoms with Gasteiger partial charge >= 0.3 is 5.97 Å². The van der Waals surface area contributed by atoms with Gasteiger partial charge in [-0.05, 0) is 27.7 Å². The Morgan fingerprint density at radius 3 is 2.33 bits per heavy atom. The first kappa shape index (κ1) is 20.3. The van der Waals surface area contributed by atoms with Crippen LogP contribution >= 0.6 is 0 Å². The number of carbonyl (C=O) groups is 1. The molecule has 1 aromatic heterocycles. The van der Waals surface area contributed by atoms with Crippen molar-refractivity contribution in [1.29, 1.82) is 0 Å². The molecule has 1 heterocycles. The van der Waals surface area contributed by atoms with Crippen LogP contribution in [0.15, 0.2) is 12.1 Å². The SMILES string of the molecule is CC(CC(=O)OC(C)(C)C)NCCOc1cc(CO)nc(CO)c1.